The number of benzene rings is 1. The Morgan fingerprint density at radius 1 is 1.27 bits per heavy atom. The second-order valence-corrected chi connectivity index (χ2v) is 4.29. The molecule has 0 saturated heterocycles. The number of carbonyl (C=O) groups is 1. The SMILES string of the molecule is C[N+](C)(C)c1ccc(COC(N)=O)cc1. The van der Waals surface area contributed by atoms with E-state index in [2.05, 4.69) is 25.9 Å². The summed E-state index contributed by atoms with van der Waals surface area (Å²) >= 11 is 0. The molecule has 1 rings (SSSR count). The van der Waals surface area contributed by atoms with E-state index in [-0.39, 0.29) is 6.61 Å². The zero-order valence-electron chi connectivity index (χ0n) is 9.36. The molecule has 0 radical (unpaired) electrons. The molecule has 2 N–H and O–H groups in total. The molecule has 0 aliphatic heterocycles. The van der Waals surface area contributed by atoms with Gasteiger partial charge in [0.2, 0.25) is 0 Å². The Balaban J connectivity index is 2.69. The van der Waals surface area contributed by atoms with Gasteiger partial charge >= 0.3 is 6.09 Å². The first-order chi connectivity index (χ1) is 6.89. The van der Waals surface area contributed by atoms with Crippen LogP contribution in [0.15, 0.2) is 24.3 Å². The molecule has 4 nitrogen and oxygen atoms in total. The minimum atomic E-state index is -0.745. The number of carbonyl (C=O) groups excluding carboxylic acids is 1. The summed E-state index contributed by atoms with van der Waals surface area (Å²) in [5.74, 6) is 0. The van der Waals surface area contributed by atoms with Crippen LogP contribution in [0.4, 0.5) is 10.5 Å². The van der Waals surface area contributed by atoms with Crippen molar-refractivity contribution in [2.24, 2.45) is 5.73 Å². The topological polar surface area (TPSA) is 52.3 Å². The fourth-order valence-corrected chi connectivity index (χ4v) is 1.19. The molecule has 1 amide bonds. The molecule has 0 atom stereocenters. The number of ether oxygens (including phenoxy) is 1. The lowest BCUT2D eigenvalue weighted by molar-refractivity contribution is 0.150. The highest BCUT2D eigenvalue weighted by Crippen LogP contribution is 2.17. The van der Waals surface area contributed by atoms with Crippen molar-refractivity contribution in [3.63, 3.8) is 0 Å². The van der Waals surface area contributed by atoms with Crippen molar-refractivity contribution >= 4 is 11.8 Å². The molecule has 15 heavy (non-hydrogen) atoms. The van der Waals surface area contributed by atoms with Crippen LogP contribution in [0.25, 0.3) is 0 Å². The first-order valence-corrected chi connectivity index (χ1v) is 4.73. The zero-order valence-corrected chi connectivity index (χ0v) is 9.36. The fourth-order valence-electron chi connectivity index (χ4n) is 1.19. The van der Waals surface area contributed by atoms with Gasteiger partial charge < -0.3 is 10.5 Å². The standard InChI is InChI=1S/C11H16N2O2/c1-13(2,3)10-6-4-9(5-7-10)8-15-11(12)14/h4-7H,8H2,1-3H3,(H-,12,14)/p+1. The average Bonchev–Trinajstić information content (AvgIpc) is 2.14. The third kappa shape index (κ3) is 3.59. The van der Waals surface area contributed by atoms with E-state index in [1.807, 2.05) is 24.3 Å². The third-order valence-corrected chi connectivity index (χ3v) is 2.09. The molecule has 0 unspecified atom stereocenters. The molecular formula is C11H17N2O2+. The van der Waals surface area contributed by atoms with E-state index in [4.69, 9.17) is 5.73 Å². The number of amides is 1. The van der Waals surface area contributed by atoms with Crippen LogP contribution >= 0.6 is 0 Å². The number of nitrogens with zero attached hydrogens (tertiary/aromatic N) is 1. The molecule has 1 aromatic carbocycles. The van der Waals surface area contributed by atoms with Crippen LogP contribution in [-0.2, 0) is 11.3 Å². The minimum Gasteiger partial charge on any atom is -0.445 e. The lowest BCUT2D eigenvalue weighted by atomic mass is 10.2. The van der Waals surface area contributed by atoms with Crippen molar-refractivity contribution < 1.29 is 9.53 Å². The van der Waals surface area contributed by atoms with Crippen molar-refractivity contribution in [3.05, 3.63) is 29.8 Å². The van der Waals surface area contributed by atoms with Crippen molar-refractivity contribution in [2.75, 3.05) is 21.1 Å². The van der Waals surface area contributed by atoms with Crippen molar-refractivity contribution in [1.82, 2.24) is 4.48 Å². The van der Waals surface area contributed by atoms with Crippen LogP contribution in [0, 0.1) is 0 Å². The van der Waals surface area contributed by atoms with Gasteiger partial charge in [0.25, 0.3) is 0 Å². The quantitative estimate of drug-likeness (QED) is 0.766. The van der Waals surface area contributed by atoms with Gasteiger partial charge in [-0.2, -0.15) is 0 Å². The second-order valence-electron chi connectivity index (χ2n) is 4.29. The second kappa shape index (κ2) is 4.31. The van der Waals surface area contributed by atoms with Crippen molar-refractivity contribution in [1.29, 1.82) is 0 Å². The summed E-state index contributed by atoms with van der Waals surface area (Å²) in [5, 5.41) is 0. The van der Waals surface area contributed by atoms with Gasteiger partial charge in [0.15, 0.2) is 0 Å². The summed E-state index contributed by atoms with van der Waals surface area (Å²) in [6.07, 6.45) is -0.745. The zero-order chi connectivity index (χ0) is 11.5. The lowest BCUT2D eigenvalue weighted by Gasteiger charge is -2.23. The molecule has 0 bridgehead atoms. The predicted octanol–water partition coefficient (Wildman–Crippen LogP) is 1.48. The summed E-state index contributed by atoms with van der Waals surface area (Å²) in [7, 11) is 6.28. The Morgan fingerprint density at radius 3 is 2.20 bits per heavy atom. The number of hydrogen-bond donors (Lipinski definition) is 1. The summed E-state index contributed by atoms with van der Waals surface area (Å²) in [5.41, 5.74) is 7.00. The molecule has 0 saturated carbocycles. The number of primary amides is 1. The Bertz CT molecular complexity index is 339. The van der Waals surface area contributed by atoms with E-state index in [1.54, 1.807) is 0 Å². The van der Waals surface area contributed by atoms with E-state index in [0.29, 0.717) is 0 Å². The van der Waals surface area contributed by atoms with Crippen LogP contribution in [0.5, 0.6) is 0 Å². The molecule has 0 aromatic heterocycles. The van der Waals surface area contributed by atoms with Gasteiger partial charge in [-0.05, 0) is 29.8 Å². The number of nitrogens with two attached hydrogens (primary N) is 1. The van der Waals surface area contributed by atoms with E-state index in [9.17, 15) is 4.79 Å². The van der Waals surface area contributed by atoms with Crippen LogP contribution < -0.4 is 10.2 Å². The Labute approximate surface area is 89.8 Å². The van der Waals surface area contributed by atoms with Crippen LogP contribution in [-0.4, -0.2) is 27.2 Å². The van der Waals surface area contributed by atoms with Gasteiger partial charge in [0, 0.05) is 0 Å². The highest BCUT2D eigenvalue weighted by molar-refractivity contribution is 5.64. The molecule has 0 aliphatic rings. The highest BCUT2D eigenvalue weighted by Gasteiger charge is 2.10. The normalized spacial score (nSPS) is 11.1. The van der Waals surface area contributed by atoms with E-state index in [0.717, 1.165) is 10.0 Å². The highest BCUT2D eigenvalue weighted by atomic mass is 16.5. The Kier molecular flexibility index (Phi) is 3.31. The largest absolute Gasteiger partial charge is 0.445 e. The number of rotatable bonds is 3. The summed E-state index contributed by atoms with van der Waals surface area (Å²) in [6, 6.07) is 7.89. The van der Waals surface area contributed by atoms with Crippen molar-refractivity contribution in [3.8, 4) is 0 Å². The van der Waals surface area contributed by atoms with Gasteiger partial charge in [-0.15, -0.1) is 0 Å². The fraction of sp³-hybridized carbons (Fsp3) is 0.364. The van der Waals surface area contributed by atoms with Gasteiger partial charge in [-0.1, -0.05) is 0 Å². The van der Waals surface area contributed by atoms with Gasteiger partial charge in [0.1, 0.15) is 12.3 Å². The van der Waals surface area contributed by atoms with Gasteiger partial charge in [-0.25, -0.2) is 4.79 Å². The Hall–Kier alpha value is -1.55. The van der Waals surface area contributed by atoms with Crippen LogP contribution in [0.2, 0.25) is 0 Å². The maximum atomic E-state index is 10.4. The molecule has 0 aliphatic carbocycles. The summed E-state index contributed by atoms with van der Waals surface area (Å²) in [6.45, 7) is 0.229. The molecule has 0 heterocycles. The molecule has 4 heteroatoms. The number of quaternary nitrogens is 1. The maximum Gasteiger partial charge on any atom is 0.404 e. The first kappa shape index (κ1) is 11.5. The number of hydrogen-bond acceptors (Lipinski definition) is 2. The predicted molar refractivity (Wildman–Crippen MR) is 60.4 cm³/mol. The lowest BCUT2D eigenvalue weighted by Crippen LogP contribution is -2.34. The smallest absolute Gasteiger partial charge is 0.404 e. The molecular weight excluding hydrogens is 192 g/mol. The summed E-state index contributed by atoms with van der Waals surface area (Å²) < 4.78 is 5.45. The first-order valence-electron chi connectivity index (χ1n) is 4.73. The minimum absolute atomic E-state index is 0.229. The van der Waals surface area contributed by atoms with Crippen LogP contribution in [0.1, 0.15) is 5.56 Å². The van der Waals surface area contributed by atoms with Crippen LogP contribution in [0.3, 0.4) is 0 Å². The van der Waals surface area contributed by atoms with E-state index in [1.165, 1.54) is 5.69 Å². The van der Waals surface area contributed by atoms with Crippen molar-refractivity contribution in [2.45, 2.75) is 6.61 Å². The van der Waals surface area contributed by atoms with E-state index >= 15 is 0 Å². The average molecular weight is 209 g/mol. The summed E-state index contributed by atoms with van der Waals surface area (Å²) in [4.78, 5) is 10.4. The van der Waals surface area contributed by atoms with Gasteiger partial charge in [0.05, 0.1) is 21.1 Å². The van der Waals surface area contributed by atoms with E-state index < -0.39 is 6.09 Å². The molecule has 82 valence electrons. The third-order valence-electron chi connectivity index (χ3n) is 2.09. The molecule has 0 fully saturated rings. The molecule has 1 aromatic rings. The maximum absolute atomic E-state index is 10.4. The van der Waals surface area contributed by atoms with Gasteiger partial charge in [-0.3, -0.25) is 4.48 Å². The Morgan fingerprint density at radius 2 is 1.80 bits per heavy atom. The monoisotopic (exact) mass is 209 g/mol. The molecule has 0 spiro atoms.